The maximum Gasteiger partial charge on any atom is 0.414 e. The van der Waals surface area contributed by atoms with E-state index in [1.807, 2.05) is 0 Å². The molecule has 1 aromatic rings. The van der Waals surface area contributed by atoms with Crippen LogP contribution in [-0.2, 0) is 4.74 Å². The summed E-state index contributed by atoms with van der Waals surface area (Å²) in [6, 6.07) is 6.81. The fraction of sp³-hybridized carbons (Fsp3) is 0.222. The average molecular weight is 204 g/mol. The Morgan fingerprint density at radius 1 is 1.53 bits per heavy atom. The van der Waals surface area contributed by atoms with Gasteiger partial charge in [0.05, 0.1) is 6.54 Å². The number of hydrogen-bond acceptors (Lipinski definition) is 3. The summed E-state index contributed by atoms with van der Waals surface area (Å²) in [5.41, 5.74) is 9.44. The first kappa shape index (κ1) is 9.36. The number of azide groups is 1. The molecule has 0 atom stereocenters. The molecule has 1 aliphatic heterocycles. The van der Waals surface area contributed by atoms with Crippen LogP contribution in [0.2, 0.25) is 0 Å². The molecule has 6 nitrogen and oxygen atoms in total. The van der Waals surface area contributed by atoms with Gasteiger partial charge in [-0.15, -0.1) is 0 Å². The van der Waals surface area contributed by atoms with Gasteiger partial charge >= 0.3 is 6.09 Å². The lowest BCUT2D eigenvalue weighted by Crippen LogP contribution is -2.22. The Balaban J connectivity index is 2.31. The van der Waals surface area contributed by atoms with Crippen LogP contribution in [0.25, 0.3) is 10.4 Å². The molecule has 1 fully saturated rings. The Hall–Kier alpha value is -2.20. The summed E-state index contributed by atoms with van der Waals surface area (Å²) in [4.78, 5) is 15.4. The lowest BCUT2D eigenvalue weighted by molar-refractivity contribution is 0.181. The third kappa shape index (κ3) is 1.84. The number of anilines is 1. The van der Waals surface area contributed by atoms with Crippen LogP contribution in [-0.4, -0.2) is 19.2 Å². The number of hydrogen-bond donors (Lipinski definition) is 0. The molecule has 76 valence electrons. The van der Waals surface area contributed by atoms with Crippen LogP contribution < -0.4 is 4.90 Å². The van der Waals surface area contributed by atoms with Crippen molar-refractivity contribution in [2.24, 2.45) is 5.11 Å². The average Bonchev–Trinajstić information content (AvgIpc) is 2.65. The van der Waals surface area contributed by atoms with Crippen molar-refractivity contribution >= 4 is 17.5 Å². The monoisotopic (exact) mass is 204 g/mol. The summed E-state index contributed by atoms with van der Waals surface area (Å²) in [7, 11) is 0. The maximum atomic E-state index is 11.2. The first-order valence-corrected chi connectivity index (χ1v) is 4.41. The van der Waals surface area contributed by atoms with Gasteiger partial charge in [0, 0.05) is 16.3 Å². The van der Waals surface area contributed by atoms with E-state index in [2.05, 4.69) is 10.0 Å². The van der Waals surface area contributed by atoms with E-state index in [1.165, 1.54) is 4.90 Å². The van der Waals surface area contributed by atoms with E-state index < -0.39 is 0 Å². The van der Waals surface area contributed by atoms with Gasteiger partial charge in [-0.25, -0.2) is 4.79 Å². The molecule has 15 heavy (non-hydrogen) atoms. The standard InChI is InChI=1S/C9H8N4O2/c10-12-11-7-2-1-3-8(6-7)13-4-5-15-9(13)14/h1-3,6H,4-5H2. The van der Waals surface area contributed by atoms with Gasteiger partial charge in [0.15, 0.2) is 0 Å². The molecule has 1 heterocycles. The van der Waals surface area contributed by atoms with Gasteiger partial charge in [0.2, 0.25) is 0 Å². The minimum absolute atomic E-state index is 0.368. The van der Waals surface area contributed by atoms with E-state index in [9.17, 15) is 4.79 Å². The molecule has 1 aromatic carbocycles. The fourth-order valence-corrected chi connectivity index (χ4v) is 1.40. The van der Waals surface area contributed by atoms with Gasteiger partial charge in [-0.05, 0) is 17.7 Å². The maximum absolute atomic E-state index is 11.2. The van der Waals surface area contributed by atoms with Crippen molar-refractivity contribution in [3.05, 3.63) is 34.7 Å². The zero-order chi connectivity index (χ0) is 10.7. The number of carbonyl (C=O) groups is 1. The van der Waals surface area contributed by atoms with Crippen LogP contribution in [0.4, 0.5) is 16.2 Å². The summed E-state index contributed by atoms with van der Waals surface area (Å²) in [5.74, 6) is 0. The van der Waals surface area contributed by atoms with Crippen LogP contribution in [0.1, 0.15) is 0 Å². The largest absolute Gasteiger partial charge is 0.447 e. The first-order chi connectivity index (χ1) is 7.31. The molecular weight excluding hydrogens is 196 g/mol. The fourth-order valence-electron chi connectivity index (χ4n) is 1.40. The van der Waals surface area contributed by atoms with E-state index in [-0.39, 0.29) is 6.09 Å². The second kappa shape index (κ2) is 3.89. The zero-order valence-corrected chi connectivity index (χ0v) is 7.83. The SMILES string of the molecule is [N-]=[N+]=Nc1cccc(N2CCOC2=O)c1. The zero-order valence-electron chi connectivity index (χ0n) is 7.83. The molecule has 0 N–H and O–H groups in total. The van der Waals surface area contributed by atoms with Crippen LogP contribution in [0.15, 0.2) is 29.4 Å². The van der Waals surface area contributed by atoms with Gasteiger partial charge in [0.25, 0.3) is 0 Å². The van der Waals surface area contributed by atoms with Crippen molar-refractivity contribution < 1.29 is 9.53 Å². The summed E-state index contributed by atoms with van der Waals surface area (Å²) >= 11 is 0. The summed E-state index contributed by atoms with van der Waals surface area (Å²) in [6.07, 6.45) is -0.368. The second-order valence-electron chi connectivity index (χ2n) is 2.98. The highest BCUT2D eigenvalue weighted by Crippen LogP contribution is 2.23. The van der Waals surface area contributed by atoms with E-state index >= 15 is 0 Å². The first-order valence-electron chi connectivity index (χ1n) is 4.41. The number of nitrogens with zero attached hydrogens (tertiary/aromatic N) is 4. The quantitative estimate of drug-likeness (QED) is 0.421. The van der Waals surface area contributed by atoms with Crippen molar-refractivity contribution in [3.8, 4) is 0 Å². The molecule has 6 heteroatoms. The summed E-state index contributed by atoms with van der Waals surface area (Å²) in [6.45, 7) is 0.920. The van der Waals surface area contributed by atoms with Crippen molar-refractivity contribution in [1.29, 1.82) is 0 Å². The third-order valence-corrected chi connectivity index (χ3v) is 2.06. The Kier molecular flexibility index (Phi) is 2.43. The third-order valence-electron chi connectivity index (χ3n) is 2.06. The predicted octanol–water partition coefficient (Wildman–Crippen LogP) is 2.58. The van der Waals surface area contributed by atoms with Crippen molar-refractivity contribution in [2.45, 2.75) is 0 Å². The predicted molar refractivity (Wildman–Crippen MR) is 53.9 cm³/mol. The number of benzene rings is 1. The molecule has 0 aromatic heterocycles. The molecule has 0 bridgehead atoms. The minimum Gasteiger partial charge on any atom is -0.447 e. The van der Waals surface area contributed by atoms with E-state index in [4.69, 9.17) is 10.3 Å². The Bertz CT molecular complexity index is 439. The molecule has 1 aliphatic rings. The highest BCUT2D eigenvalue weighted by atomic mass is 16.6. The Morgan fingerprint density at radius 3 is 3.07 bits per heavy atom. The number of carbonyl (C=O) groups excluding carboxylic acids is 1. The van der Waals surface area contributed by atoms with Crippen LogP contribution in [0.3, 0.4) is 0 Å². The number of rotatable bonds is 2. The van der Waals surface area contributed by atoms with Crippen molar-refractivity contribution in [1.82, 2.24) is 0 Å². The molecule has 2 rings (SSSR count). The lowest BCUT2D eigenvalue weighted by Gasteiger charge is -2.12. The topological polar surface area (TPSA) is 78.3 Å². The van der Waals surface area contributed by atoms with Crippen LogP contribution in [0, 0.1) is 0 Å². The highest BCUT2D eigenvalue weighted by Gasteiger charge is 2.23. The van der Waals surface area contributed by atoms with E-state index in [1.54, 1.807) is 24.3 Å². The van der Waals surface area contributed by atoms with Crippen molar-refractivity contribution in [3.63, 3.8) is 0 Å². The molecule has 1 amide bonds. The molecule has 0 aliphatic carbocycles. The minimum atomic E-state index is -0.368. The molecule has 0 spiro atoms. The molecule has 0 unspecified atom stereocenters. The van der Waals surface area contributed by atoms with Gasteiger partial charge in [-0.3, -0.25) is 4.90 Å². The van der Waals surface area contributed by atoms with Gasteiger partial charge in [-0.2, -0.15) is 0 Å². The van der Waals surface area contributed by atoms with Gasteiger partial charge in [0.1, 0.15) is 6.61 Å². The normalized spacial score (nSPS) is 14.7. The van der Waals surface area contributed by atoms with Crippen LogP contribution >= 0.6 is 0 Å². The number of cyclic esters (lactones) is 1. The highest BCUT2D eigenvalue weighted by molar-refractivity contribution is 5.89. The second-order valence-corrected chi connectivity index (χ2v) is 2.98. The molecule has 1 saturated heterocycles. The molecule has 0 saturated carbocycles. The Morgan fingerprint density at radius 2 is 2.40 bits per heavy atom. The number of ether oxygens (including phenoxy) is 1. The number of amides is 1. The molecule has 0 radical (unpaired) electrons. The van der Waals surface area contributed by atoms with Gasteiger partial charge < -0.3 is 4.74 Å². The van der Waals surface area contributed by atoms with Crippen molar-refractivity contribution in [2.75, 3.05) is 18.1 Å². The summed E-state index contributed by atoms with van der Waals surface area (Å²) < 4.78 is 4.80. The smallest absolute Gasteiger partial charge is 0.414 e. The lowest BCUT2D eigenvalue weighted by atomic mass is 10.2. The van der Waals surface area contributed by atoms with E-state index in [0.29, 0.717) is 24.5 Å². The molecular formula is C9H8N4O2. The van der Waals surface area contributed by atoms with Gasteiger partial charge in [-0.1, -0.05) is 17.2 Å². The van der Waals surface area contributed by atoms with Crippen LogP contribution in [0.5, 0.6) is 0 Å². The van der Waals surface area contributed by atoms with E-state index in [0.717, 1.165) is 0 Å². The Labute approximate surface area is 85.7 Å². The summed E-state index contributed by atoms with van der Waals surface area (Å²) in [5, 5.41) is 3.47.